The normalized spacial score (nSPS) is 10.3. The highest BCUT2D eigenvalue weighted by Crippen LogP contribution is 2.33. The number of benzene rings is 1. The van der Waals surface area contributed by atoms with Gasteiger partial charge in [0.1, 0.15) is 11.6 Å². The Morgan fingerprint density at radius 1 is 1.16 bits per heavy atom. The van der Waals surface area contributed by atoms with Crippen LogP contribution < -0.4 is 9.47 Å². The number of aromatic nitrogens is 1. The topological polar surface area (TPSA) is 51.6 Å². The lowest BCUT2D eigenvalue weighted by atomic mass is 10.0. The fourth-order valence-electron chi connectivity index (χ4n) is 1.79. The van der Waals surface area contributed by atoms with E-state index in [0.717, 1.165) is 6.20 Å². The number of aliphatic hydroxyl groups excluding tert-OH is 1. The van der Waals surface area contributed by atoms with E-state index in [9.17, 15) is 4.39 Å². The first-order valence-electron chi connectivity index (χ1n) is 5.67. The molecule has 5 heteroatoms. The van der Waals surface area contributed by atoms with Crippen LogP contribution in [0.25, 0.3) is 11.1 Å². The second kappa shape index (κ2) is 5.67. The van der Waals surface area contributed by atoms with E-state index in [-0.39, 0.29) is 6.61 Å². The van der Waals surface area contributed by atoms with Crippen molar-refractivity contribution in [2.75, 3.05) is 14.2 Å². The molecule has 1 aromatic heterocycles. The maximum absolute atomic E-state index is 13.9. The van der Waals surface area contributed by atoms with Gasteiger partial charge in [0.2, 0.25) is 5.88 Å². The molecule has 2 aromatic rings. The number of pyridine rings is 1. The molecule has 0 amide bonds. The van der Waals surface area contributed by atoms with E-state index in [4.69, 9.17) is 14.6 Å². The first-order chi connectivity index (χ1) is 9.19. The Hall–Kier alpha value is -2.14. The molecule has 0 atom stereocenters. The van der Waals surface area contributed by atoms with Crippen molar-refractivity contribution in [1.82, 2.24) is 4.98 Å². The second-order valence-electron chi connectivity index (χ2n) is 3.90. The summed E-state index contributed by atoms with van der Waals surface area (Å²) in [6.07, 6.45) is 1.10. The minimum absolute atomic E-state index is 0.0984. The molecule has 1 aromatic carbocycles. The third-order valence-electron chi connectivity index (χ3n) is 2.78. The maximum atomic E-state index is 13.9. The number of ether oxygens (including phenoxy) is 2. The molecule has 19 heavy (non-hydrogen) atoms. The van der Waals surface area contributed by atoms with Crippen LogP contribution in [0, 0.1) is 5.82 Å². The fraction of sp³-hybridized carbons (Fsp3) is 0.214. The number of halogens is 1. The Morgan fingerprint density at radius 2 is 1.95 bits per heavy atom. The lowest BCUT2D eigenvalue weighted by Gasteiger charge is -2.11. The van der Waals surface area contributed by atoms with Gasteiger partial charge < -0.3 is 14.6 Å². The highest BCUT2D eigenvalue weighted by Gasteiger charge is 2.13. The SMILES string of the molecule is COc1cc(-c2ccc(CO)cc2OC)c(F)cn1. The average molecular weight is 263 g/mol. The van der Waals surface area contributed by atoms with Crippen LogP contribution in [0.4, 0.5) is 4.39 Å². The van der Waals surface area contributed by atoms with E-state index in [0.29, 0.717) is 28.3 Å². The van der Waals surface area contributed by atoms with Gasteiger partial charge in [-0.15, -0.1) is 0 Å². The molecule has 1 N–H and O–H groups in total. The predicted molar refractivity (Wildman–Crippen MR) is 68.7 cm³/mol. The average Bonchev–Trinajstić information content (AvgIpc) is 2.47. The molecule has 100 valence electrons. The summed E-state index contributed by atoms with van der Waals surface area (Å²) in [6.45, 7) is -0.0984. The van der Waals surface area contributed by atoms with E-state index in [1.165, 1.54) is 20.3 Å². The molecule has 0 aliphatic rings. The second-order valence-corrected chi connectivity index (χ2v) is 3.90. The Kier molecular flexibility index (Phi) is 3.97. The van der Waals surface area contributed by atoms with Crippen LogP contribution in [0.3, 0.4) is 0 Å². The molecule has 2 rings (SSSR count). The molecule has 0 bridgehead atoms. The quantitative estimate of drug-likeness (QED) is 0.920. The maximum Gasteiger partial charge on any atom is 0.213 e. The molecule has 0 aliphatic heterocycles. The van der Waals surface area contributed by atoms with Crippen molar-refractivity contribution in [2.45, 2.75) is 6.61 Å². The molecule has 0 radical (unpaired) electrons. The van der Waals surface area contributed by atoms with Crippen molar-refractivity contribution < 1.29 is 19.0 Å². The van der Waals surface area contributed by atoms with Crippen molar-refractivity contribution in [3.05, 3.63) is 41.8 Å². The largest absolute Gasteiger partial charge is 0.496 e. The van der Waals surface area contributed by atoms with Crippen molar-refractivity contribution in [1.29, 1.82) is 0 Å². The standard InChI is InChI=1S/C14H14FNO3/c1-18-13-5-9(8-17)3-4-10(13)11-6-14(19-2)16-7-12(11)15/h3-7,17H,8H2,1-2H3. The zero-order chi connectivity index (χ0) is 13.8. The van der Waals surface area contributed by atoms with Gasteiger partial charge >= 0.3 is 0 Å². The van der Waals surface area contributed by atoms with Crippen LogP contribution in [0.2, 0.25) is 0 Å². The molecular weight excluding hydrogens is 249 g/mol. The Bertz CT molecular complexity index is 587. The van der Waals surface area contributed by atoms with Crippen LogP contribution >= 0.6 is 0 Å². The lowest BCUT2D eigenvalue weighted by Crippen LogP contribution is -1.95. The van der Waals surface area contributed by atoms with Crippen molar-refractivity contribution in [2.24, 2.45) is 0 Å². The molecule has 0 aliphatic carbocycles. The van der Waals surface area contributed by atoms with E-state index in [1.807, 2.05) is 0 Å². The minimum atomic E-state index is -0.462. The van der Waals surface area contributed by atoms with Crippen LogP contribution in [-0.4, -0.2) is 24.3 Å². The predicted octanol–water partition coefficient (Wildman–Crippen LogP) is 2.40. The van der Waals surface area contributed by atoms with Gasteiger partial charge in [0.25, 0.3) is 0 Å². The summed E-state index contributed by atoms with van der Waals surface area (Å²) in [6, 6.07) is 6.58. The lowest BCUT2D eigenvalue weighted by molar-refractivity contribution is 0.281. The molecule has 4 nitrogen and oxygen atoms in total. The molecule has 1 heterocycles. The smallest absolute Gasteiger partial charge is 0.213 e. The molecular formula is C14H14FNO3. The number of hydrogen-bond acceptors (Lipinski definition) is 4. The van der Waals surface area contributed by atoms with Crippen molar-refractivity contribution >= 4 is 0 Å². The Balaban J connectivity index is 2.57. The Morgan fingerprint density at radius 3 is 2.58 bits per heavy atom. The first-order valence-corrected chi connectivity index (χ1v) is 5.67. The summed E-state index contributed by atoms with van der Waals surface area (Å²) < 4.78 is 24.1. The number of hydrogen-bond donors (Lipinski definition) is 1. The van der Waals surface area contributed by atoms with E-state index < -0.39 is 5.82 Å². The van der Waals surface area contributed by atoms with Crippen LogP contribution in [0.5, 0.6) is 11.6 Å². The molecule has 0 spiro atoms. The van der Waals surface area contributed by atoms with Gasteiger partial charge in [-0.2, -0.15) is 0 Å². The van der Waals surface area contributed by atoms with E-state index >= 15 is 0 Å². The molecule has 0 unspecified atom stereocenters. The summed E-state index contributed by atoms with van der Waals surface area (Å²) in [7, 11) is 2.96. The summed E-state index contributed by atoms with van der Waals surface area (Å²) in [5.41, 5.74) is 1.62. The fourth-order valence-corrected chi connectivity index (χ4v) is 1.79. The third kappa shape index (κ3) is 2.66. The minimum Gasteiger partial charge on any atom is -0.496 e. The number of aliphatic hydroxyl groups is 1. The summed E-state index contributed by atoms with van der Waals surface area (Å²) in [5.74, 6) is 0.347. The molecule has 0 saturated heterocycles. The van der Waals surface area contributed by atoms with Crippen LogP contribution in [-0.2, 0) is 6.61 Å². The van der Waals surface area contributed by atoms with Gasteiger partial charge in [0.15, 0.2) is 0 Å². The van der Waals surface area contributed by atoms with Gasteiger partial charge in [0, 0.05) is 17.2 Å². The summed E-state index contributed by atoms with van der Waals surface area (Å²) in [4.78, 5) is 3.79. The highest BCUT2D eigenvalue weighted by molar-refractivity contribution is 5.72. The number of methoxy groups -OCH3 is 2. The monoisotopic (exact) mass is 263 g/mol. The zero-order valence-electron chi connectivity index (χ0n) is 10.7. The van der Waals surface area contributed by atoms with Gasteiger partial charge in [-0.25, -0.2) is 9.37 Å². The molecule has 0 fully saturated rings. The number of rotatable bonds is 4. The Labute approximate surface area is 110 Å². The summed E-state index contributed by atoms with van der Waals surface area (Å²) >= 11 is 0. The van der Waals surface area contributed by atoms with Gasteiger partial charge in [-0.1, -0.05) is 12.1 Å². The zero-order valence-corrected chi connectivity index (χ0v) is 10.7. The van der Waals surface area contributed by atoms with E-state index in [1.54, 1.807) is 18.2 Å². The summed E-state index contributed by atoms with van der Waals surface area (Å²) in [5, 5.41) is 9.10. The van der Waals surface area contributed by atoms with Gasteiger partial charge in [-0.05, 0) is 11.6 Å². The highest BCUT2D eigenvalue weighted by atomic mass is 19.1. The molecule has 0 saturated carbocycles. The third-order valence-corrected chi connectivity index (χ3v) is 2.78. The van der Waals surface area contributed by atoms with Gasteiger partial charge in [0.05, 0.1) is 27.0 Å². The van der Waals surface area contributed by atoms with Gasteiger partial charge in [-0.3, -0.25) is 0 Å². The van der Waals surface area contributed by atoms with Crippen LogP contribution in [0.1, 0.15) is 5.56 Å². The van der Waals surface area contributed by atoms with Crippen molar-refractivity contribution in [3.63, 3.8) is 0 Å². The van der Waals surface area contributed by atoms with Crippen LogP contribution in [0.15, 0.2) is 30.5 Å². The van der Waals surface area contributed by atoms with Crippen molar-refractivity contribution in [3.8, 4) is 22.8 Å². The first kappa shape index (κ1) is 13.3. The number of nitrogens with zero attached hydrogens (tertiary/aromatic N) is 1. The van der Waals surface area contributed by atoms with E-state index in [2.05, 4.69) is 4.98 Å².